The first-order valence-electron chi connectivity index (χ1n) is 11.9. The van der Waals surface area contributed by atoms with Crippen LogP contribution in [0.5, 0.6) is 0 Å². The quantitative estimate of drug-likeness (QED) is 0.190. The second-order valence-electron chi connectivity index (χ2n) is 8.60. The van der Waals surface area contributed by atoms with E-state index in [2.05, 4.69) is 5.48 Å². The Morgan fingerprint density at radius 1 is 1.14 bits per heavy atom. The van der Waals surface area contributed by atoms with E-state index >= 15 is 0 Å². The first-order valence-corrected chi connectivity index (χ1v) is 13.4. The van der Waals surface area contributed by atoms with Gasteiger partial charge in [0.05, 0.1) is 29.0 Å². The maximum Gasteiger partial charge on any atom is 0.412 e. The van der Waals surface area contributed by atoms with E-state index in [1.165, 1.54) is 30.7 Å². The van der Waals surface area contributed by atoms with E-state index in [1.54, 1.807) is 26.0 Å². The van der Waals surface area contributed by atoms with Crippen molar-refractivity contribution in [3.8, 4) is 0 Å². The molecule has 11 heteroatoms. The van der Waals surface area contributed by atoms with Crippen LogP contribution in [0.3, 0.4) is 0 Å². The summed E-state index contributed by atoms with van der Waals surface area (Å²) in [5.74, 6) is 0. The number of nitrogens with two attached hydrogens (primary N) is 1. The Morgan fingerprint density at radius 2 is 1.84 bits per heavy atom. The van der Waals surface area contributed by atoms with Crippen LogP contribution in [0.15, 0.2) is 82.5 Å². The van der Waals surface area contributed by atoms with Crippen molar-refractivity contribution in [2.75, 3.05) is 17.2 Å². The molecule has 1 amide bonds. The van der Waals surface area contributed by atoms with Gasteiger partial charge in [-0.2, -0.15) is 5.48 Å². The van der Waals surface area contributed by atoms with Crippen molar-refractivity contribution in [1.82, 2.24) is 5.48 Å². The number of nitrogens with zero attached hydrogens (tertiary/aromatic N) is 1. The normalized spacial score (nSPS) is 13.7. The van der Waals surface area contributed by atoms with Crippen molar-refractivity contribution in [2.24, 2.45) is 0 Å². The number of anilines is 2. The third-order valence-electron chi connectivity index (χ3n) is 6.34. The maximum absolute atomic E-state index is 13.5. The van der Waals surface area contributed by atoms with Crippen LogP contribution in [0.2, 0.25) is 0 Å². The summed E-state index contributed by atoms with van der Waals surface area (Å²) in [4.78, 5) is 17.4. The number of hydrogen-bond donors (Lipinski definition) is 4. The van der Waals surface area contributed by atoms with Crippen molar-refractivity contribution in [2.45, 2.75) is 55.1 Å². The summed E-state index contributed by atoms with van der Waals surface area (Å²) in [7, 11) is -3.98. The van der Waals surface area contributed by atoms with Gasteiger partial charge in [0.15, 0.2) is 4.93 Å². The number of carbonyl (C=O) groups is 1. The third-order valence-corrected chi connectivity index (χ3v) is 8.85. The summed E-state index contributed by atoms with van der Waals surface area (Å²) in [5.41, 5.74) is 9.79. The second-order valence-corrected chi connectivity index (χ2v) is 10.8. The van der Waals surface area contributed by atoms with Crippen LogP contribution >= 0.6 is 0 Å². The van der Waals surface area contributed by atoms with E-state index in [-0.39, 0.29) is 36.4 Å². The van der Waals surface area contributed by atoms with Crippen LogP contribution in [-0.2, 0) is 21.1 Å². The summed E-state index contributed by atoms with van der Waals surface area (Å²) in [6, 6.07) is 15.7. The molecule has 2 aromatic carbocycles. The molecule has 0 saturated carbocycles. The van der Waals surface area contributed by atoms with Gasteiger partial charge < -0.3 is 20.4 Å². The van der Waals surface area contributed by atoms with E-state index in [4.69, 9.17) is 15.0 Å². The highest BCUT2D eigenvalue weighted by Crippen LogP contribution is 2.33. The van der Waals surface area contributed by atoms with Crippen molar-refractivity contribution in [3.63, 3.8) is 0 Å². The number of benzene rings is 2. The number of sulfone groups is 1. The second kappa shape index (κ2) is 12.2. The molecule has 0 radical (unpaired) electrons. The number of furan rings is 1. The lowest BCUT2D eigenvalue weighted by molar-refractivity contribution is -0.0717. The zero-order chi connectivity index (χ0) is 27.1. The van der Waals surface area contributed by atoms with Gasteiger partial charge in [-0.1, -0.05) is 50.2 Å². The fraction of sp³-hybridized carbons (Fsp3) is 0.346. The summed E-state index contributed by atoms with van der Waals surface area (Å²) in [6.07, 6.45) is 0.503. The number of rotatable bonds is 13. The van der Waals surface area contributed by atoms with Gasteiger partial charge in [-0.3, -0.25) is 9.74 Å². The first-order chi connectivity index (χ1) is 17.6. The van der Waals surface area contributed by atoms with E-state index in [0.717, 1.165) is 10.5 Å². The number of aliphatic hydroxyl groups is 1. The highest BCUT2D eigenvalue weighted by Gasteiger charge is 2.44. The smallest absolute Gasteiger partial charge is 0.412 e. The minimum absolute atomic E-state index is 0.0255. The van der Waals surface area contributed by atoms with Gasteiger partial charge in [-0.05, 0) is 43.0 Å². The van der Waals surface area contributed by atoms with Gasteiger partial charge >= 0.3 is 6.09 Å². The molecular formula is C26H33N3O7S. The summed E-state index contributed by atoms with van der Waals surface area (Å²) in [6.45, 7) is 3.14. The molecule has 10 nitrogen and oxygen atoms in total. The number of nitrogens with one attached hydrogen (secondary N) is 1. The Labute approximate surface area is 216 Å². The Kier molecular flexibility index (Phi) is 9.33. The largest absolute Gasteiger partial charge is 0.470 e. The molecular weight excluding hydrogens is 498 g/mol. The van der Waals surface area contributed by atoms with Crippen LogP contribution < -0.4 is 16.1 Å². The lowest BCUT2D eigenvalue weighted by Gasteiger charge is -2.34. The van der Waals surface area contributed by atoms with Crippen LogP contribution in [0.1, 0.15) is 32.3 Å². The molecule has 0 aliphatic rings. The number of carboxylic acid groups (broad SMARTS) is 1. The molecule has 5 N–H and O–H groups in total. The van der Waals surface area contributed by atoms with Crippen molar-refractivity contribution < 1.29 is 32.7 Å². The van der Waals surface area contributed by atoms with Crippen LogP contribution in [0, 0.1) is 0 Å². The molecule has 1 aromatic heterocycles. The number of nitrogen functional groups attached to an aromatic ring is 1. The lowest BCUT2D eigenvalue weighted by atomic mass is 9.99. The Bertz CT molecular complexity index is 1250. The predicted molar refractivity (Wildman–Crippen MR) is 140 cm³/mol. The molecule has 0 unspecified atom stereocenters. The minimum Gasteiger partial charge on any atom is -0.470 e. The highest BCUT2D eigenvalue weighted by atomic mass is 32.2. The van der Waals surface area contributed by atoms with Gasteiger partial charge in [-0.15, -0.1) is 0 Å². The van der Waals surface area contributed by atoms with E-state index in [0.29, 0.717) is 5.69 Å². The number of hydrogen-bond acceptors (Lipinski definition) is 8. The molecule has 0 fully saturated rings. The van der Waals surface area contributed by atoms with Crippen LogP contribution in [0.4, 0.5) is 16.2 Å². The standard InChI is InChI=1S/C26H33N3O7S/c1-3-26(4-2,37(33,34)22-12-8-11-20(27)16-22)36-28-17-24(30)23(15-19-9-6-5-7-10-19)29(25(31)32)21-13-14-35-18-21/h5-14,16,18,23-24,28,30H,3-4,15,17,27H2,1-2H3,(H,31,32)/t23-,24+/m0/s1. The Morgan fingerprint density at radius 3 is 2.41 bits per heavy atom. The molecule has 200 valence electrons. The average Bonchev–Trinajstić information content (AvgIpc) is 3.41. The minimum atomic E-state index is -3.98. The van der Waals surface area contributed by atoms with Gasteiger partial charge in [0.1, 0.15) is 6.26 Å². The fourth-order valence-electron chi connectivity index (χ4n) is 4.21. The number of amides is 1. The maximum atomic E-state index is 13.5. The Hall–Kier alpha value is -3.38. The van der Waals surface area contributed by atoms with Crippen molar-refractivity contribution in [1.29, 1.82) is 0 Å². The molecule has 3 aromatic rings. The van der Waals surface area contributed by atoms with Crippen molar-refractivity contribution >= 4 is 27.3 Å². The van der Waals surface area contributed by atoms with Crippen LogP contribution in [-0.4, -0.2) is 48.3 Å². The van der Waals surface area contributed by atoms with Gasteiger partial charge in [-0.25, -0.2) is 13.2 Å². The van der Waals surface area contributed by atoms with Gasteiger partial charge in [0.25, 0.3) is 0 Å². The van der Waals surface area contributed by atoms with E-state index < -0.39 is 33.0 Å². The fourth-order valence-corrected chi connectivity index (χ4v) is 6.12. The predicted octanol–water partition coefficient (Wildman–Crippen LogP) is 3.83. The first kappa shape index (κ1) is 28.2. The van der Waals surface area contributed by atoms with Gasteiger partial charge in [0, 0.05) is 18.3 Å². The molecule has 2 atom stereocenters. The molecule has 0 saturated heterocycles. The summed E-state index contributed by atoms with van der Waals surface area (Å²) >= 11 is 0. The lowest BCUT2D eigenvalue weighted by Crippen LogP contribution is -2.53. The third kappa shape index (κ3) is 6.31. The molecule has 1 heterocycles. The Balaban J connectivity index is 1.83. The zero-order valence-corrected chi connectivity index (χ0v) is 21.6. The number of aliphatic hydroxyl groups excluding tert-OH is 1. The SMILES string of the molecule is CCC(CC)(ONC[C@@H](O)[C@H](Cc1ccccc1)N(C(=O)O)c1ccoc1)S(=O)(=O)c1cccc(N)c1. The zero-order valence-electron chi connectivity index (χ0n) is 20.8. The number of hydroxylamine groups is 1. The molecule has 0 aliphatic carbocycles. The van der Waals surface area contributed by atoms with E-state index in [9.17, 15) is 23.4 Å². The van der Waals surface area contributed by atoms with E-state index in [1.807, 2.05) is 30.3 Å². The molecule has 0 spiro atoms. The monoisotopic (exact) mass is 531 g/mol. The van der Waals surface area contributed by atoms with Gasteiger partial charge in [0.2, 0.25) is 9.84 Å². The molecule has 3 rings (SSSR count). The summed E-state index contributed by atoms with van der Waals surface area (Å²) in [5, 5.41) is 21.1. The topological polar surface area (TPSA) is 155 Å². The van der Waals surface area contributed by atoms with Crippen LogP contribution in [0.25, 0.3) is 0 Å². The average molecular weight is 532 g/mol. The summed E-state index contributed by atoms with van der Waals surface area (Å²) < 4.78 is 32.1. The molecule has 0 bridgehead atoms. The molecule has 37 heavy (non-hydrogen) atoms. The molecule has 0 aliphatic heterocycles. The van der Waals surface area contributed by atoms with Crippen molar-refractivity contribution in [3.05, 3.63) is 78.8 Å². The highest BCUT2D eigenvalue weighted by molar-refractivity contribution is 7.92.